The number of benzene rings is 1. The normalized spacial score (nSPS) is 17.0. The Bertz CT molecular complexity index is 705. The number of para-hydroxylation sites is 1. The van der Waals surface area contributed by atoms with Crippen LogP contribution in [0.4, 0.5) is 11.5 Å². The predicted octanol–water partition coefficient (Wildman–Crippen LogP) is 0.503. The molecule has 1 aliphatic rings. The van der Waals surface area contributed by atoms with E-state index < -0.39 is 10.0 Å². The molecule has 7 nitrogen and oxygen atoms in total. The second kappa shape index (κ2) is 5.38. The quantitative estimate of drug-likeness (QED) is 0.861. The van der Waals surface area contributed by atoms with E-state index in [9.17, 15) is 8.42 Å². The van der Waals surface area contributed by atoms with Gasteiger partial charge in [0.25, 0.3) is 0 Å². The summed E-state index contributed by atoms with van der Waals surface area (Å²) in [7, 11) is -3.57. The van der Waals surface area contributed by atoms with Gasteiger partial charge in [-0.05, 0) is 12.1 Å². The molecule has 0 aliphatic carbocycles. The smallest absolute Gasteiger partial charge is 0.248 e. The first-order valence-electron chi connectivity index (χ1n) is 6.68. The van der Waals surface area contributed by atoms with Crippen LogP contribution in [0.15, 0.2) is 41.4 Å². The van der Waals surface area contributed by atoms with E-state index in [1.54, 1.807) is 0 Å². The van der Waals surface area contributed by atoms with Gasteiger partial charge in [0, 0.05) is 31.9 Å². The number of aromatic nitrogens is 2. The predicted molar refractivity (Wildman–Crippen MR) is 80.4 cm³/mol. The molecule has 1 aromatic heterocycles. The number of nitrogens with two attached hydrogens (primary N) is 1. The second-order valence-electron chi connectivity index (χ2n) is 4.87. The van der Waals surface area contributed by atoms with Crippen molar-refractivity contribution in [2.75, 3.05) is 36.8 Å². The molecular weight excluding hydrogens is 290 g/mol. The van der Waals surface area contributed by atoms with Crippen LogP contribution in [0.2, 0.25) is 0 Å². The summed E-state index contributed by atoms with van der Waals surface area (Å²) in [5, 5.41) is 6.14. The molecule has 0 saturated carbocycles. The summed E-state index contributed by atoms with van der Waals surface area (Å²) in [5.74, 6) is 0.0838. The Morgan fingerprint density at radius 2 is 1.76 bits per heavy atom. The average Bonchev–Trinajstić information content (AvgIpc) is 2.95. The van der Waals surface area contributed by atoms with Crippen LogP contribution in [0.3, 0.4) is 0 Å². The number of aromatic amines is 1. The lowest BCUT2D eigenvalue weighted by molar-refractivity contribution is 0.385. The van der Waals surface area contributed by atoms with Crippen LogP contribution in [-0.2, 0) is 10.0 Å². The van der Waals surface area contributed by atoms with E-state index in [1.807, 2.05) is 30.3 Å². The van der Waals surface area contributed by atoms with Crippen molar-refractivity contribution in [1.82, 2.24) is 14.5 Å². The van der Waals surface area contributed by atoms with E-state index in [0.717, 1.165) is 5.69 Å². The monoisotopic (exact) mass is 307 g/mol. The van der Waals surface area contributed by atoms with Crippen molar-refractivity contribution < 1.29 is 8.42 Å². The number of H-pyrrole nitrogens is 1. The Labute approximate surface area is 123 Å². The van der Waals surface area contributed by atoms with Gasteiger partial charge in [-0.3, -0.25) is 5.10 Å². The van der Waals surface area contributed by atoms with E-state index in [-0.39, 0.29) is 10.7 Å². The number of piperazine rings is 1. The van der Waals surface area contributed by atoms with Crippen LogP contribution in [0, 0.1) is 0 Å². The molecule has 0 spiro atoms. The summed E-state index contributed by atoms with van der Waals surface area (Å²) in [6.07, 6.45) is 1.26. The average molecular weight is 307 g/mol. The van der Waals surface area contributed by atoms with Crippen molar-refractivity contribution in [3.8, 4) is 0 Å². The van der Waals surface area contributed by atoms with Crippen molar-refractivity contribution in [3.05, 3.63) is 36.5 Å². The fraction of sp³-hybridized carbons (Fsp3) is 0.308. The third kappa shape index (κ3) is 2.59. The second-order valence-corrected chi connectivity index (χ2v) is 6.78. The van der Waals surface area contributed by atoms with Gasteiger partial charge in [-0.2, -0.15) is 9.40 Å². The summed E-state index contributed by atoms with van der Waals surface area (Å²) in [6, 6.07) is 9.97. The molecule has 0 unspecified atom stereocenters. The highest BCUT2D eigenvalue weighted by molar-refractivity contribution is 7.89. The Hall–Kier alpha value is -2.06. The summed E-state index contributed by atoms with van der Waals surface area (Å²) >= 11 is 0. The Morgan fingerprint density at radius 1 is 1.10 bits per heavy atom. The lowest BCUT2D eigenvalue weighted by atomic mass is 10.2. The molecule has 21 heavy (non-hydrogen) atoms. The van der Waals surface area contributed by atoms with Crippen LogP contribution in [0.5, 0.6) is 0 Å². The zero-order valence-electron chi connectivity index (χ0n) is 11.4. The Balaban J connectivity index is 1.73. The van der Waals surface area contributed by atoms with Crippen molar-refractivity contribution in [2.24, 2.45) is 0 Å². The van der Waals surface area contributed by atoms with Gasteiger partial charge in [0.2, 0.25) is 10.0 Å². The van der Waals surface area contributed by atoms with Crippen LogP contribution >= 0.6 is 0 Å². The van der Waals surface area contributed by atoms with Crippen molar-refractivity contribution >= 4 is 21.5 Å². The molecule has 1 aliphatic heterocycles. The first-order valence-corrected chi connectivity index (χ1v) is 8.12. The van der Waals surface area contributed by atoms with E-state index in [4.69, 9.17) is 5.73 Å². The van der Waals surface area contributed by atoms with Gasteiger partial charge in [0.05, 0.1) is 6.20 Å². The summed E-state index contributed by atoms with van der Waals surface area (Å²) < 4.78 is 26.4. The number of sulfonamides is 1. The molecular formula is C13H17N5O2S. The highest BCUT2D eigenvalue weighted by atomic mass is 32.2. The number of hydrogen-bond donors (Lipinski definition) is 2. The molecule has 8 heteroatoms. The van der Waals surface area contributed by atoms with Crippen LogP contribution in [0.25, 0.3) is 0 Å². The lowest BCUT2D eigenvalue weighted by Gasteiger charge is -2.35. The Morgan fingerprint density at radius 3 is 2.33 bits per heavy atom. The molecule has 1 aromatic carbocycles. The zero-order valence-corrected chi connectivity index (χ0v) is 12.3. The maximum Gasteiger partial charge on any atom is 0.248 e. The third-order valence-corrected chi connectivity index (χ3v) is 5.54. The van der Waals surface area contributed by atoms with Gasteiger partial charge in [-0.1, -0.05) is 18.2 Å². The summed E-state index contributed by atoms with van der Waals surface area (Å²) in [5.41, 5.74) is 6.73. The first-order chi connectivity index (χ1) is 10.1. The lowest BCUT2D eigenvalue weighted by Crippen LogP contribution is -2.48. The topological polar surface area (TPSA) is 95.3 Å². The standard InChI is InChI=1S/C13H17N5O2S/c14-13-12(10-15-16-13)21(19,20)18-8-6-17(7-9-18)11-4-2-1-3-5-11/h1-5,10H,6-9H2,(H3,14,15,16). The number of hydrogen-bond acceptors (Lipinski definition) is 5. The van der Waals surface area contributed by atoms with Crippen molar-refractivity contribution in [3.63, 3.8) is 0 Å². The van der Waals surface area contributed by atoms with Gasteiger partial charge in [-0.25, -0.2) is 8.42 Å². The van der Waals surface area contributed by atoms with Gasteiger partial charge in [0.1, 0.15) is 10.7 Å². The molecule has 0 radical (unpaired) electrons. The highest BCUT2D eigenvalue weighted by Gasteiger charge is 2.30. The van der Waals surface area contributed by atoms with E-state index in [2.05, 4.69) is 15.1 Å². The largest absolute Gasteiger partial charge is 0.383 e. The zero-order chi connectivity index (χ0) is 14.9. The summed E-state index contributed by atoms with van der Waals surface area (Å²) in [6.45, 7) is 2.17. The molecule has 2 heterocycles. The molecule has 0 atom stereocenters. The molecule has 3 N–H and O–H groups in total. The molecule has 112 valence electrons. The number of nitrogens with one attached hydrogen (secondary N) is 1. The minimum atomic E-state index is -3.57. The van der Waals surface area contributed by atoms with Crippen LogP contribution in [-0.4, -0.2) is 49.1 Å². The molecule has 3 rings (SSSR count). The van der Waals surface area contributed by atoms with E-state index >= 15 is 0 Å². The highest BCUT2D eigenvalue weighted by Crippen LogP contribution is 2.23. The van der Waals surface area contributed by atoms with Crippen molar-refractivity contribution in [2.45, 2.75) is 4.90 Å². The first kappa shape index (κ1) is 13.9. The fourth-order valence-electron chi connectivity index (χ4n) is 2.46. The minimum absolute atomic E-state index is 0.0515. The summed E-state index contributed by atoms with van der Waals surface area (Å²) in [4.78, 5) is 2.22. The minimum Gasteiger partial charge on any atom is -0.383 e. The molecule has 1 fully saturated rings. The number of rotatable bonds is 3. The fourth-order valence-corrected chi connectivity index (χ4v) is 3.89. The van der Waals surface area contributed by atoms with Crippen LogP contribution < -0.4 is 10.6 Å². The Kier molecular flexibility index (Phi) is 3.56. The van der Waals surface area contributed by atoms with Crippen LogP contribution in [0.1, 0.15) is 0 Å². The van der Waals surface area contributed by atoms with E-state index in [0.29, 0.717) is 26.2 Å². The van der Waals surface area contributed by atoms with Gasteiger partial charge < -0.3 is 10.6 Å². The number of nitrogens with zero attached hydrogens (tertiary/aromatic N) is 3. The van der Waals surface area contributed by atoms with Gasteiger partial charge in [0.15, 0.2) is 0 Å². The van der Waals surface area contributed by atoms with Crippen molar-refractivity contribution in [1.29, 1.82) is 0 Å². The third-order valence-electron chi connectivity index (χ3n) is 3.61. The van der Waals surface area contributed by atoms with Gasteiger partial charge in [-0.15, -0.1) is 0 Å². The maximum atomic E-state index is 12.5. The van der Waals surface area contributed by atoms with E-state index in [1.165, 1.54) is 10.5 Å². The molecule has 2 aromatic rings. The SMILES string of the molecule is Nc1[nH]ncc1S(=O)(=O)N1CCN(c2ccccc2)CC1. The maximum absolute atomic E-state index is 12.5. The number of nitrogen functional groups attached to an aromatic ring is 1. The molecule has 0 amide bonds. The molecule has 0 bridgehead atoms. The molecule has 1 saturated heterocycles. The van der Waals surface area contributed by atoms with Gasteiger partial charge >= 0.3 is 0 Å². The number of anilines is 2.